The Bertz CT molecular complexity index is 497. The van der Waals surface area contributed by atoms with E-state index in [1.807, 2.05) is 6.07 Å². The minimum Gasteiger partial charge on any atom is -0.482 e. The molecule has 20 heavy (non-hydrogen) atoms. The number of carbonyl (C=O) groups excluding carboxylic acids is 1. The second kappa shape index (κ2) is 5.81. The van der Waals surface area contributed by atoms with Crippen LogP contribution in [0.25, 0.3) is 0 Å². The van der Waals surface area contributed by atoms with Crippen molar-refractivity contribution < 1.29 is 19.4 Å². The highest BCUT2D eigenvalue weighted by molar-refractivity contribution is 5.95. The van der Waals surface area contributed by atoms with Gasteiger partial charge in [-0.05, 0) is 43.4 Å². The number of fused-ring (bicyclic) bond motifs is 1. The fourth-order valence-electron chi connectivity index (χ4n) is 2.69. The van der Waals surface area contributed by atoms with Gasteiger partial charge in [0.25, 0.3) is 5.91 Å². The molecule has 0 bridgehead atoms. The molecule has 2 atom stereocenters. The third kappa shape index (κ3) is 2.94. The molecule has 0 saturated carbocycles. The van der Waals surface area contributed by atoms with Crippen LogP contribution in [0.2, 0.25) is 0 Å². The third-order valence-corrected chi connectivity index (χ3v) is 3.81. The second-order valence-corrected chi connectivity index (χ2v) is 5.32. The lowest BCUT2D eigenvalue weighted by Crippen LogP contribution is -2.25. The Hall–Kier alpha value is -1.59. The molecular formula is C15H19NO4. The highest BCUT2D eigenvalue weighted by Crippen LogP contribution is 2.32. The highest BCUT2D eigenvalue weighted by Gasteiger charge is 2.20. The van der Waals surface area contributed by atoms with Crippen molar-refractivity contribution in [2.75, 3.05) is 18.5 Å². The zero-order valence-electron chi connectivity index (χ0n) is 11.3. The van der Waals surface area contributed by atoms with Crippen LogP contribution in [0.5, 0.6) is 5.75 Å². The lowest BCUT2D eigenvalue weighted by molar-refractivity contribution is -0.118. The van der Waals surface area contributed by atoms with Crippen LogP contribution in [0.15, 0.2) is 18.2 Å². The summed E-state index contributed by atoms with van der Waals surface area (Å²) in [4.78, 5) is 11.3. The quantitative estimate of drug-likeness (QED) is 0.883. The summed E-state index contributed by atoms with van der Waals surface area (Å²) in [6.45, 7) is 0.886. The van der Waals surface area contributed by atoms with Gasteiger partial charge in [-0.15, -0.1) is 0 Å². The number of aliphatic hydroxyl groups is 1. The summed E-state index contributed by atoms with van der Waals surface area (Å²) in [5.74, 6) is 0.489. The van der Waals surface area contributed by atoms with Crippen molar-refractivity contribution in [2.24, 2.45) is 0 Å². The number of ether oxygens (including phenoxy) is 2. The molecule has 5 nitrogen and oxygen atoms in total. The summed E-state index contributed by atoms with van der Waals surface area (Å²) in [6, 6.07) is 5.42. The first-order chi connectivity index (χ1) is 9.72. The molecule has 2 aliphatic rings. The van der Waals surface area contributed by atoms with Gasteiger partial charge in [-0.3, -0.25) is 4.79 Å². The maximum absolute atomic E-state index is 11.3. The van der Waals surface area contributed by atoms with E-state index in [1.165, 1.54) is 0 Å². The maximum Gasteiger partial charge on any atom is 0.262 e. The fourth-order valence-corrected chi connectivity index (χ4v) is 2.69. The maximum atomic E-state index is 11.3. The molecule has 2 unspecified atom stereocenters. The van der Waals surface area contributed by atoms with E-state index in [-0.39, 0.29) is 18.6 Å². The van der Waals surface area contributed by atoms with E-state index in [1.54, 1.807) is 12.1 Å². The first-order valence-electron chi connectivity index (χ1n) is 7.08. The van der Waals surface area contributed by atoms with Crippen molar-refractivity contribution in [2.45, 2.75) is 37.9 Å². The van der Waals surface area contributed by atoms with E-state index >= 15 is 0 Å². The monoisotopic (exact) mass is 277 g/mol. The van der Waals surface area contributed by atoms with Crippen LogP contribution in [-0.4, -0.2) is 30.3 Å². The first-order valence-corrected chi connectivity index (χ1v) is 7.08. The van der Waals surface area contributed by atoms with Crippen LogP contribution in [-0.2, 0) is 9.53 Å². The van der Waals surface area contributed by atoms with Crippen molar-refractivity contribution in [1.29, 1.82) is 0 Å². The Labute approximate surface area is 117 Å². The predicted molar refractivity (Wildman–Crippen MR) is 73.7 cm³/mol. The van der Waals surface area contributed by atoms with Gasteiger partial charge in [-0.2, -0.15) is 0 Å². The summed E-state index contributed by atoms with van der Waals surface area (Å²) >= 11 is 0. The molecule has 0 aromatic heterocycles. The summed E-state index contributed by atoms with van der Waals surface area (Å²) < 4.78 is 10.9. The molecule has 1 amide bonds. The van der Waals surface area contributed by atoms with Crippen LogP contribution in [0.4, 0.5) is 5.69 Å². The summed E-state index contributed by atoms with van der Waals surface area (Å²) in [6.07, 6.45) is 3.47. The van der Waals surface area contributed by atoms with Gasteiger partial charge in [0.1, 0.15) is 5.75 Å². The lowest BCUT2D eigenvalue weighted by atomic mass is 10.0. The second-order valence-electron chi connectivity index (χ2n) is 5.32. The number of benzene rings is 1. The van der Waals surface area contributed by atoms with Crippen LogP contribution in [0, 0.1) is 0 Å². The minimum atomic E-state index is -0.539. The van der Waals surface area contributed by atoms with E-state index < -0.39 is 6.10 Å². The van der Waals surface area contributed by atoms with Gasteiger partial charge in [0, 0.05) is 6.61 Å². The molecule has 2 heterocycles. The topological polar surface area (TPSA) is 67.8 Å². The van der Waals surface area contributed by atoms with Crippen molar-refractivity contribution in [3.63, 3.8) is 0 Å². The minimum absolute atomic E-state index is 0.0495. The van der Waals surface area contributed by atoms with Gasteiger partial charge in [-0.25, -0.2) is 0 Å². The van der Waals surface area contributed by atoms with Crippen molar-refractivity contribution >= 4 is 11.6 Å². The molecule has 2 aliphatic heterocycles. The largest absolute Gasteiger partial charge is 0.482 e. The molecule has 1 fully saturated rings. The Kier molecular flexibility index (Phi) is 3.89. The molecule has 0 aliphatic carbocycles. The Morgan fingerprint density at radius 1 is 1.45 bits per heavy atom. The van der Waals surface area contributed by atoms with Gasteiger partial charge >= 0.3 is 0 Å². The molecule has 1 aromatic carbocycles. The number of aliphatic hydroxyl groups excluding tert-OH is 1. The number of carbonyl (C=O) groups is 1. The number of amides is 1. The molecule has 2 N–H and O–H groups in total. The van der Waals surface area contributed by atoms with Crippen molar-refractivity contribution in [3.8, 4) is 5.75 Å². The molecule has 108 valence electrons. The van der Waals surface area contributed by atoms with Gasteiger partial charge < -0.3 is 19.9 Å². The third-order valence-electron chi connectivity index (χ3n) is 3.81. The highest BCUT2D eigenvalue weighted by atomic mass is 16.5. The molecule has 3 rings (SSSR count). The van der Waals surface area contributed by atoms with Gasteiger partial charge in [-0.1, -0.05) is 6.07 Å². The standard InChI is InChI=1S/C15H19NO4/c17-13(5-4-11-2-1-7-19-11)10-3-6-14-12(8-10)16-15(18)9-20-14/h3,6,8,11,13,17H,1-2,4-5,7,9H2,(H,16,18). The van der Waals surface area contributed by atoms with Crippen LogP contribution in [0.1, 0.15) is 37.4 Å². The lowest BCUT2D eigenvalue weighted by Gasteiger charge is -2.20. The van der Waals surface area contributed by atoms with Crippen LogP contribution in [0.3, 0.4) is 0 Å². The van der Waals surface area contributed by atoms with Gasteiger partial charge in [0.05, 0.1) is 17.9 Å². The van der Waals surface area contributed by atoms with E-state index in [0.717, 1.165) is 31.4 Å². The zero-order chi connectivity index (χ0) is 13.9. The molecule has 5 heteroatoms. The van der Waals surface area contributed by atoms with Crippen LogP contribution < -0.4 is 10.1 Å². The predicted octanol–water partition coefficient (Wildman–Crippen LogP) is 2.01. The number of hydrogen-bond donors (Lipinski definition) is 2. The Morgan fingerprint density at radius 2 is 2.35 bits per heavy atom. The molecule has 0 spiro atoms. The Balaban J connectivity index is 1.63. The zero-order valence-corrected chi connectivity index (χ0v) is 11.3. The van der Waals surface area contributed by atoms with Crippen molar-refractivity contribution in [1.82, 2.24) is 0 Å². The summed E-state index contributed by atoms with van der Waals surface area (Å²) in [5, 5.41) is 13.0. The molecule has 0 radical (unpaired) electrons. The average Bonchev–Trinajstić information content (AvgIpc) is 2.97. The molecule has 1 aromatic rings. The SMILES string of the molecule is O=C1COc2ccc(C(O)CCC3CCCO3)cc2N1. The normalized spacial score (nSPS) is 22.9. The van der Waals surface area contributed by atoms with Gasteiger partial charge in [0.2, 0.25) is 0 Å². The fraction of sp³-hybridized carbons (Fsp3) is 0.533. The van der Waals surface area contributed by atoms with Crippen LogP contribution >= 0.6 is 0 Å². The summed E-state index contributed by atoms with van der Waals surface area (Å²) in [5.41, 5.74) is 1.43. The van der Waals surface area contributed by atoms with E-state index in [2.05, 4.69) is 5.32 Å². The summed E-state index contributed by atoms with van der Waals surface area (Å²) in [7, 11) is 0. The molecule has 1 saturated heterocycles. The van der Waals surface area contributed by atoms with E-state index in [0.29, 0.717) is 17.9 Å². The van der Waals surface area contributed by atoms with E-state index in [4.69, 9.17) is 9.47 Å². The average molecular weight is 277 g/mol. The first kappa shape index (κ1) is 13.4. The van der Waals surface area contributed by atoms with E-state index in [9.17, 15) is 9.90 Å². The number of anilines is 1. The van der Waals surface area contributed by atoms with Crippen molar-refractivity contribution in [3.05, 3.63) is 23.8 Å². The smallest absolute Gasteiger partial charge is 0.262 e. The Morgan fingerprint density at radius 3 is 3.15 bits per heavy atom. The number of hydrogen-bond acceptors (Lipinski definition) is 4. The van der Waals surface area contributed by atoms with Gasteiger partial charge in [0.15, 0.2) is 6.61 Å². The molecular weight excluding hydrogens is 258 g/mol. The number of rotatable bonds is 4. The number of nitrogens with one attached hydrogen (secondary N) is 1.